The van der Waals surface area contributed by atoms with E-state index >= 15 is 0 Å². The van der Waals surface area contributed by atoms with E-state index in [1.54, 1.807) is 6.07 Å². The maximum atomic E-state index is 13.3. The highest BCUT2D eigenvalue weighted by atomic mass is 19.1. The fourth-order valence-corrected chi connectivity index (χ4v) is 3.91. The van der Waals surface area contributed by atoms with Crippen LogP contribution < -0.4 is 5.32 Å². The number of rotatable bonds is 3. The number of benzene rings is 1. The van der Waals surface area contributed by atoms with Gasteiger partial charge in [-0.1, -0.05) is 31.4 Å². The molecule has 116 valence electrons. The lowest BCUT2D eigenvalue weighted by Gasteiger charge is -2.33. The Hall–Kier alpha value is -0.930. The summed E-state index contributed by atoms with van der Waals surface area (Å²) in [6.45, 7) is 4.23. The van der Waals surface area contributed by atoms with E-state index in [0.717, 1.165) is 37.7 Å². The van der Waals surface area contributed by atoms with Crippen molar-refractivity contribution in [1.29, 1.82) is 0 Å². The van der Waals surface area contributed by atoms with Crippen LogP contribution in [0.4, 0.5) is 4.39 Å². The third kappa shape index (κ3) is 4.27. The average Bonchev–Trinajstić information content (AvgIpc) is 2.74. The molecule has 1 N–H and O–H groups in total. The predicted octanol–water partition coefficient (Wildman–Crippen LogP) is 3.57. The second kappa shape index (κ2) is 7.37. The minimum absolute atomic E-state index is 0.121. The Morgan fingerprint density at radius 3 is 2.81 bits per heavy atom. The van der Waals surface area contributed by atoms with E-state index < -0.39 is 0 Å². The molecule has 1 aromatic carbocycles. The molecule has 1 heterocycles. The van der Waals surface area contributed by atoms with Gasteiger partial charge in [0, 0.05) is 19.1 Å². The highest BCUT2D eigenvalue weighted by Gasteiger charge is 2.26. The van der Waals surface area contributed by atoms with Crippen molar-refractivity contribution in [2.45, 2.75) is 51.1 Å². The molecule has 0 spiro atoms. The summed E-state index contributed by atoms with van der Waals surface area (Å²) in [5.41, 5.74) is 1.10. The third-order valence-corrected chi connectivity index (χ3v) is 5.03. The summed E-state index contributed by atoms with van der Waals surface area (Å²) in [6, 6.07) is 7.68. The first kappa shape index (κ1) is 15.0. The molecule has 3 heteroatoms. The average molecular weight is 290 g/mol. The first-order valence-electron chi connectivity index (χ1n) is 8.51. The van der Waals surface area contributed by atoms with E-state index in [9.17, 15) is 4.39 Å². The van der Waals surface area contributed by atoms with Gasteiger partial charge in [-0.2, -0.15) is 0 Å². The summed E-state index contributed by atoms with van der Waals surface area (Å²) in [5.74, 6) is 0.719. The molecule has 0 bridgehead atoms. The molecule has 1 atom stereocenters. The van der Waals surface area contributed by atoms with Crippen LogP contribution in [0.2, 0.25) is 0 Å². The zero-order chi connectivity index (χ0) is 14.5. The molecule has 3 rings (SSSR count). The summed E-state index contributed by atoms with van der Waals surface area (Å²) in [6.07, 6.45) is 8.16. The molecule has 0 aromatic heterocycles. The first-order valence-corrected chi connectivity index (χ1v) is 8.51. The Morgan fingerprint density at radius 2 is 2.00 bits per heavy atom. The van der Waals surface area contributed by atoms with Crippen LogP contribution in [0.3, 0.4) is 0 Å². The second-order valence-corrected chi connectivity index (χ2v) is 6.68. The van der Waals surface area contributed by atoms with Crippen LogP contribution >= 0.6 is 0 Å². The smallest absolute Gasteiger partial charge is 0.123 e. The van der Waals surface area contributed by atoms with Crippen molar-refractivity contribution in [3.63, 3.8) is 0 Å². The van der Waals surface area contributed by atoms with Crippen molar-refractivity contribution in [3.05, 3.63) is 35.6 Å². The van der Waals surface area contributed by atoms with Gasteiger partial charge in [-0.05, 0) is 56.0 Å². The summed E-state index contributed by atoms with van der Waals surface area (Å²) in [4.78, 5) is 2.51. The molecule has 1 saturated heterocycles. The Labute approximate surface area is 127 Å². The van der Waals surface area contributed by atoms with Gasteiger partial charge in [0.2, 0.25) is 0 Å². The first-order chi connectivity index (χ1) is 10.3. The van der Waals surface area contributed by atoms with E-state index in [1.165, 1.54) is 44.6 Å². The molecule has 2 nitrogen and oxygen atoms in total. The van der Waals surface area contributed by atoms with E-state index in [0.29, 0.717) is 6.04 Å². The Bertz CT molecular complexity index is 443. The van der Waals surface area contributed by atoms with Gasteiger partial charge in [-0.25, -0.2) is 4.39 Å². The van der Waals surface area contributed by atoms with Crippen LogP contribution in [0.1, 0.15) is 44.1 Å². The minimum atomic E-state index is -0.121. The molecule has 1 aromatic rings. The number of halogens is 1. The highest BCUT2D eigenvalue weighted by Crippen LogP contribution is 2.27. The van der Waals surface area contributed by atoms with E-state index in [1.807, 2.05) is 12.1 Å². The Balaban J connectivity index is 1.61. The molecule has 2 aliphatic rings. The van der Waals surface area contributed by atoms with Gasteiger partial charge >= 0.3 is 0 Å². The van der Waals surface area contributed by atoms with Gasteiger partial charge in [0.1, 0.15) is 5.82 Å². The maximum absolute atomic E-state index is 13.3. The lowest BCUT2D eigenvalue weighted by molar-refractivity contribution is 0.201. The molecule has 21 heavy (non-hydrogen) atoms. The van der Waals surface area contributed by atoms with Gasteiger partial charge in [0.25, 0.3) is 0 Å². The summed E-state index contributed by atoms with van der Waals surface area (Å²) in [5, 5.41) is 3.76. The normalized spacial score (nSPS) is 25.7. The fraction of sp³-hybridized carbons (Fsp3) is 0.667. The quantitative estimate of drug-likeness (QED) is 0.915. The van der Waals surface area contributed by atoms with Crippen LogP contribution in [-0.4, -0.2) is 30.6 Å². The molecule has 1 unspecified atom stereocenters. The number of hydrogen-bond acceptors (Lipinski definition) is 2. The van der Waals surface area contributed by atoms with Crippen molar-refractivity contribution in [2.75, 3.05) is 19.6 Å². The third-order valence-electron chi connectivity index (χ3n) is 5.03. The minimum Gasteiger partial charge on any atom is -0.312 e. The highest BCUT2D eigenvalue weighted by molar-refractivity contribution is 5.16. The van der Waals surface area contributed by atoms with Crippen LogP contribution in [0.5, 0.6) is 0 Å². The monoisotopic (exact) mass is 290 g/mol. The fourth-order valence-electron chi connectivity index (χ4n) is 3.91. The molecule has 1 saturated carbocycles. The largest absolute Gasteiger partial charge is 0.312 e. The van der Waals surface area contributed by atoms with Crippen LogP contribution in [-0.2, 0) is 6.54 Å². The van der Waals surface area contributed by atoms with Crippen LogP contribution in [0.15, 0.2) is 24.3 Å². The molecule has 1 aliphatic carbocycles. The Kier molecular flexibility index (Phi) is 5.26. The van der Waals surface area contributed by atoms with Gasteiger partial charge < -0.3 is 5.32 Å². The molecule has 2 fully saturated rings. The zero-order valence-electron chi connectivity index (χ0n) is 12.9. The molecular formula is C18H27FN2. The van der Waals surface area contributed by atoms with Crippen molar-refractivity contribution in [3.8, 4) is 0 Å². The van der Waals surface area contributed by atoms with Crippen molar-refractivity contribution < 1.29 is 4.39 Å². The van der Waals surface area contributed by atoms with Crippen LogP contribution in [0.25, 0.3) is 0 Å². The summed E-state index contributed by atoms with van der Waals surface area (Å²) >= 11 is 0. The van der Waals surface area contributed by atoms with Gasteiger partial charge in [0.05, 0.1) is 0 Å². The number of hydrogen-bond donors (Lipinski definition) is 1. The Morgan fingerprint density at radius 1 is 1.14 bits per heavy atom. The predicted molar refractivity (Wildman–Crippen MR) is 84.7 cm³/mol. The summed E-state index contributed by atoms with van der Waals surface area (Å²) < 4.78 is 13.3. The maximum Gasteiger partial charge on any atom is 0.123 e. The molecule has 1 aliphatic heterocycles. The van der Waals surface area contributed by atoms with Gasteiger partial charge in [-0.15, -0.1) is 0 Å². The standard InChI is InChI=1S/C18H27FN2/c19-17-9-4-6-15(12-17)13-21-11-5-10-20-18(14-21)16-7-2-1-3-8-16/h4,6,9,12,16,18,20H,1-3,5,7-8,10-11,13-14H2. The lowest BCUT2D eigenvalue weighted by Crippen LogP contribution is -2.43. The topological polar surface area (TPSA) is 15.3 Å². The van der Waals surface area contributed by atoms with Crippen molar-refractivity contribution in [1.82, 2.24) is 10.2 Å². The number of nitrogens with one attached hydrogen (secondary N) is 1. The molecular weight excluding hydrogens is 263 g/mol. The molecule has 0 amide bonds. The number of nitrogens with zero attached hydrogens (tertiary/aromatic N) is 1. The van der Waals surface area contributed by atoms with Crippen LogP contribution in [0, 0.1) is 11.7 Å². The lowest BCUT2D eigenvalue weighted by atomic mass is 9.83. The zero-order valence-corrected chi connectivity index (χ0v) is 12.9. The van der Waals surface area contributed by atoms with Crippen molar-refractivity contribution in [2.24, 2.45) is 5.92 Å². The van der Waals surface area contributed by atoms with Crippen molar-refractivity contribution >= 4 is 0 Å². The van der Waals surface area contributed by atoms with Gasteiger partial charge in [0.15, 0.2) is 0 Å². The van der Waals surface area contributed by atoms with E-state index in [2.05, 4.69) is 10.2 Å². The van der Waals surface area contributed by atoms with Gasteiger partial charge in [-0.3, -0.25) is 4.90 Å². The summed E-state index contributed by atoms with van der Waals surface area (Å²) in [7, 11) is 0. The van der Waals surface area contributed by atoms with E-state index in [-0.39, 0.29) is 5.82 Å². The van der Waals surface area contributed by atoms with E-state index in [4.69, 9.17) is 0 Å². The SMILES string of the molecule is Fc1cccc(CN2CCCNC(C3CCCCC3)C2)c1. The second-order valence-electron chi connectivity index (χ2n) is 6.68. The molecule has 0 radical (unpaired) electrons.